The highest BCUT2D eigenvalue weighted by molar-refractivity contribution is 7.92. The minimum absolute atomic E-state index is 0.0804. The van der Waals surface area contributed by atoms with Gasteiger partial charge < -0.3 is 4.74 Å². The van der Waals surface area contributed by atoms with Crippen molar-refractivity contribution in [1.29, 1.82) is 0 Å². The fourth-order valence-corrected chi connectivity index (χ4v) is 6.37. The summed E-state index contributed by atoms with van der Waals surface area (Å²) >= 11 is 0. The van der Waals surface area contributed by atoms with Crippen molar-refractivity contribution < 1.29 is 17.9 Å². The van der Waals surface area contributed by atoms with Gasteiger partial charge in [-0.3, -0.25) is 4.79 Å². The third kappa shape index (κ3) is 2.19. The Labute approximate surface area is 157 Å². The fourth-order valence-electron chi connectivity index (χ4n) is 4.12. The summed E-state index contributed by atoms with van der Waals surface area (Å²) in [6, 6.07) is 24.6. The van der Waals surface area contributed by atoms with Gasteiger partial charge in [0.2, 0.25) is 5.78 Å². The first kappa shape index (κ1) is 16.4. The lowest BCUT2D eigenvalue weighted by molar-refractivity contribution is 0.0856. The Hall–Kier alpha value is -2.76. The van der Waals surface area contributed by atoms with Crippen LogP contribution in [0, 0.1) is 0 Å². The van der Waals surface area contributed by atoms with Crippen LogP contribution in [-0.4, -0.2) is 19.8 Å². The topological polar surface area (TPSA) is 63.7 Å². The Kier molecular flexibility index (Phi) is 3.41. The van der Waals surface area contributed by atoms with E-state index < -0.39 is 26.8 Å². The van der Waals surface area contributed by atoms with Crippen LogP contribution in [0.3, 0.4) is 0 Å². The van der Waals surface area contributed by atoms with Crippen molar-refractivity contribution in [3.05, 3.63) is 102 Å². The Balaban J connectivity index is 1.77. The lowest BCUT2D eigenvalue weighted by Gasteiger charge is -2.30. The number of sulfone groups is 1. The molecule has 5 rings (SSSR count). The second-order valence-corrected chi connectivity index (χ2v) is 8.86. The summed E-state index contributed by atoms with van der Waals surface area (Å²) in [6.45, 7) is 0. The van der Waals surface area contributed by atoms with E-state index >= 15 is 0 Å². The molecule has 1 saturated heterocycles. The molecule has 1 fully saturated rings. The fraction of sp³-hybridized carbons (Fsp3) is 0.136. The second kappa shape index (κ2) is 5.62. The smallest absolute Gasteiger partial charge is 0.200 e. The van der Waals surface area contributed by atoms with Crippen molar-refractivity contribution in [3.8, 4) is 0 Å². The molecule has 3 atom stereocenters. The molecular formula is C22H16O4S. The number of Topliss-reactive ketones (excluding diaryl/α,β-unsaturated/α-hetero) is 1. The number of carbonyl (C=O) groups is 1. The number of epoxide rings is 1. The third-order valence-corrected chi connectivity index (χ3v) is 7.55. The van der Waals surface area contributed by atoms with E-state index in [4.69, 9.17) is 4.74 Å². The van der Waals surface area contributed by atoms with E-state index in [1.54, 1.807) is 42.5 Å². The number of hydrogen-bond donors (Lipinski definition) is 0. The Morgan fingerprint density at radius 1 is 0.741 bits per heavy atom. The minimum Gasteiger partial charge on any atom is -0.350 e. The van der Waals surface area contributed by atoms with Gasteiger partial charge in [0, 0.05) is 5.56 Å². The lowest BCUT2D eigenvalue weighted by atomic mass is 9.85. The third-order valence-electron chi connectivity index (χ3n) is 5.34. The Bertz CT molecular complexity index is 1140. The van der Waals surface area contributed by atoms with E-state index in [9.17, 15) is 13.2 Å². The van der Waals surface area contributed by atoms with Gasteiger partial charge in [-0.05, 0) is 23.3 Å². The van der Waals surface area contributed by atoms with Crippen molar-refractivity contribution in [1.82, 2.24) is 0 Å². The molecule has 4 nitrogen and oxygen atoms in total. The van der Waals surface area contributed by atoms with Crippen LogP contribution in [0.4, 0.5) is 0 Å². The van der Waals surface area contributed by atoms with E-state index in [0.717, 1.165) is 5.56 Å². The van der Waals surface area contributed by atoms with Crippen molar-refractivity contribution in [3.63, 3.8) is 0 Å². The summed E-state index contributed by atoms with van der Waals surface area (Å²) < 4.78 is 33.1. The van der Waals surface area contributed by atoms with Gasteiger partial charge in [0.15, 0.2) is 15.4 Å². The van der Waals surface area contributed by atoms with Gasteiger partial charge >= 0.3 is 0 Å². The van der Waals surface area contributed by atoms with Crippen molar-refractivity contribution in [2.24, 2.45) is 0 Å². The molecule has 1 spiro atoms. The molecule has 134 valence electrons. The van der Waals surface area contributed by atoms with E-state index in [0.29, 0.717) is 5.56 Å². The zero-order chi connectivity index (χ0) is 18.6. The van der Waals surface area contributed by atoms with Crippen LogP contribution in [0.15, 0.2) is 89.8 Å². The SMILES string of the molecule is O=C1c2ccccc2S(=O)(=O)[C@@H](c2ccccc2)[C@@]12O[C@@H]2c1ccccc1. The molecule has 0 unspecified atom stereocenters. The summed E-state index contributed by atoms with van der Waals surface area (Å²) in [5, 5.41) is -1.07. The zero-order valence-corrected chi connectivity index (χ0v) is 15.1. The molecule has 27 heavy (non-hydrogen) atoms. The molecule has 2 aliphatic heterocycles. The maximum absolute atomic E-state index is 13.6. The quantitative estimate of drug-likeness (QED) is 0.636. The monoisotopic (exact) mass is 376 g/mol. The number of carbonyl (C=O) groups excluding carboxylic acids is 1. The number of benzene rings is 3. The van der Waals surface area contributed by atoms with Crippen LogP contribution in [0.5, 0.6) is 0 Å². The first-order valence-electron chi connectivity index (χ1n) is 8.72. The largest absolute Gasteiger partial charge is 0.350 e. The molecule has 0 aromatic heterocycles. The first-order valence-corrected chi connectivity index (χ1v) is 10.3. The summed E-state index contributed by atoms with van der Waals surface area (Å²) in [4.78, 5) is 13.5. The number of hydrogen-bond acceptors (Lipinski definition) is 4. The van der Waals surface area contributed by atoms with Crippen LogP contribution >= 0.6 is 0 Å². The first-order chi connectivity index (χ1) is 13.1. The maximum atomic E-state index is 13.6. The average molecular weight is 376 g/mol. The van der Waals surface area contributed by atoms with E-state index in [2.05, 4.69) is 0 Å². The molecule has 3 aromatic rings. The summed E-state index contributed by atoms with van der Waals surface area (Å²) in [5.41, 5.74) is 0.166. The van der Waals surface area contributed by atoms with E-state index in [1.165, 1.54) is 6.07 Å². The summed E-state index contributed by atoms with van der Waals surface area (Å²) in [6.07, 6.45) is -0.584. The molecule has 2 heterocycles. The van der Waals surface area contributed by atoms with Crippen LogP contribution in [-0.2, 0) is 14.6 Å². The molecule has 0 amide bonds. The molecule has 0 bridgehead atoms. The van der Waals surface area contributed by atoms with Crippen molar-refractivity contribution in [2.45, 2.75) is 21.9 Å². The molecule has 0 radical (unpaired) electrons. The number of rotatable bonds is 2. The highest BCUT2D eigenvalue weighted by Gasteiger charge is 2.73. The predicted molar refractivity (Wildman–Crippen MR) is 100 cm³/mol. The zero-order valence-electron chi connectivity index (χ0n) is 14.3. The molecule has 0 N–H and O–H groups in total. The normalized spacial score (nSPS) is 27.9. The van der Waals surface area contributed by atoms with Crippen LogP contribution < -0.4 is 0 Å². The van der Waals surface area contributed by atoms with Crippen LogP contribution in [0.2, 0.25) is 0 Å². The number of ketones is 1. The van der Waals surface area contributed by atoms with Gasteiger partial charge in [-0.1, -0.05) is 72.8 Å². The molecule has 5 heteroatoms. The van der Waals surface area contributed by atoms with Gasteiger partial charge in [-0.15, -0.1) is 0 Å². The standard InChI is InChI=1S/C22H16O4S/c23-19-17-13-7-8-14-18(17)27(24,25)21(16-11-5-2-6-12-16)22(19)20(26-22)15-9-3-1-4-10-15/h1-14,20-21H/t20-,21+,22-/m1/s1. The number of ether oxygens (including phenoxy) is 1. The van der Waals surface area contributed by atoms with E-state index in [1.807, 2.05) is 36.4 Å². The molecule has 3 aromatic carbocycles. The van der Waals surface area contributed by atoms with Gasteiger partial charge in [0.25, 0.3) is 0 Å². The Morgan fingerprint density at radius 2 is 1.30 bits per heavy atom. The molecule has 2 aliphatic rings. The maximum Gasteiger partial charge on any atom is 0.200 e. The molecule has 0 saturated carbocycles. The van der Waals surface area contributed by atoms with Crippen LogP contribution in [0.25, 0.3) is 0 Å². The summed E-state index contributed by atoms with van der Waals surface area (Å²) in [5.74, 6) is -0.268. The lowest BCUT2D eigenvalue weighted by Crippen LogP contribution is -2.42. The number of fused-ring (bicyclic) bond motifs is 1. The van der Waals surface area contributed by atoms with Gasteiger partial charge in [0.05, 0.1) is 4.90 Å². The summed E-state index contributed by atoms with van der Waals surface area (Å²) in [7, 11) is -3.80. The van der Waals surface area contributed by atoms with Gasteiger partial charge in [-0.2, -0.15) is 0 Å². The average Bonchev–Trinajstić information content (AvgIpc) is 3.44. The van der Waals surface area contributed by atoms with E-state index in [-0.39, 0.29) is 16.2 Å². The van der Waals surface area contributed by atoms with Crippen molar-refractivity contribution >= 4 is 15.6 Å². The minimum atomic E-state index is -3.80. The Morgan fingerprint density at radius 3 is 1.96 bits per heavy atom. The van der Waals surface area contributed by atoms with Crippen molar-refractivity contribution in [2.75, 3.05) is 0 Å². The predicted octanol–water partition coefficient (Wildman–Crippen LogP) is 3.91. The van der Waals surface area contributed by atoms with Gasteiger partial charge in [-0.25, -0.2) is 8.42 Å². The van der Waals surface area contributed by atoms with Gasteiger partial charge in [0.1, 0.15) is 11.4 Å². The molecule has 0 aliphatic carbocycles. The highest BCUT2D eigenvalue weighted by atomic mass is 32.2. The second-order valence-electron chi connectivity index (χ2n) is 6.86. The highest BCUT2D eigenvalue weighted by Crippen LogP contribution is 2.63. The molecular weight excluding hydrogens is 360 g/mol. The van der Waals surface area contributed by atoms with Crippen LogP contribution in [0.1, 0.15) is 32.8 Å².